The van der Waals surface area contributed by atoms with Gasteiger partial charge >= 0.3 is 0 Å². The summed E-state index contributed by atoms with van der Waals surface area (Å²) in [5, 5.41) is 3.66. The molecule has 11 heteroatoms. The van der Waals surface area contributed by atoms with Gasteiger partial charge in [-0.15, -0.1) is 0 Å². The maximum atomic E-state index is 14.6. The third-order valence-electron chi connectivity index (χ3n) is 7.09. The summed E-state index contributed by atoms with van der Waals surface area (Å²) >= 11 is 12.9. The second-order valence-corrected chi connectivity index (χ2v) is 14.4. The van der Waals surface area contributed by atoms with Crippen molar-refractivity contribution in [2.24, 2.45) is 0 Å². The van der Waals surface area contributed by atoms with Crippen LogP contribution in [0.1, 0.15) is 31.9 Å². The van der Waals surface area contributed by atoms with Crippen LogP contribution in [-0.2, 0) is 32.6 Å². The van der Waals surface area contributed by atoms with Gasteiger partial charge in [-0.3, -0.25) is 13.9 Å². The largest absolute Gasteiger partial charge is 0.495 e. The minimum Gasteiger partial charge on any atom is -0.495 e. The summed E-state index contributed by atoms with van der Waals surface area (Å²) in [6, 6.07) is 27.6. The van der Waals surface area contributed by atoms with Crippen molar-refractivity contribution in [1.82, 2.24) is 10.2 Å². The Balaban J connectivity index is 1.87. The summed E-state index contributed by atoms with van der Waals surface area (Å²) < 4.78 is 34.9. The number of ether oxygens (including phenoxy) is 1. The molecule has 8 nitrogen and oxygen atoms in total. The molecule has 0 saturated heterocycles. The number of rotatable bonds is 12. The molecular weight excluding hydrogens is 645 g/mol. The van der Waals surface area contributed by atoms with Crippen molar-refractivity contribution in [3.05, 3.63) is 124 Å². The van der Waals surface area contributed by atoms with E-state index in [1.807, 2.05) is 51.1 Å². The Morgan fingerprint density at radius 2 is 1.48 bits per heavy atom. The molecule has 0 unspecified atom stereocenters. The fraction of sp³-hybridized carbons (Fsp3) is 0.257. The fourth-order valence-electron chi connectivity index (χ4n) is 4.91. The lowest BCUT2D eigenvalue weighted by atomic mass is 10.0. The number of anilines is 1. The van der Waals surface area contributed by atoms with Crippen molar-refractivity contribution < 1.29 is 22.7 Å². The highest BCUT2D eigenvalue weighted by Crippen LogP contribution is 2.35. The molecule has 0 bridgehead atoms. The number of carbonyl (C=O) groups is 2. The van der Waals surface area contributed by atoms with Crippen LogP contribution in [0.25, 0.3) is 0 Å². The highest BCUT2D eigenvalue weighted by atomic mass is 35.5. The van der Waals surface area contributed by atoms with Gasteiger partial charge in [-0.1, -0.05) is 89.9 Å². The van der Waals surface area contributed by atoms with Crippen molar-refractivity contribution in [3.8, 4) is 5.75 Å². The molecule has 0 aliphatic carbocycles. The molecule has 0 heterocycles. The van der Waals surface area contributed by atoms with Crippen LogP contribution in [-0.4, -0.2) is 50.4 Å². The quantitative estimate of drug-likeness (QED) is 0.178. The molecule has 4 aromatic carbocycles. The Morgan fingerprint density at radius 1 is 0.870 bits per heavy atom. The third-order valence-corrected chi connectivity index (χ3v) is 9.47. The van der Waals surface area contributed by atoms with E-state index in [1.165, 1.54) is 36.3 Å². The minimum atomic E-state index is -4.33. The number of carbonyl (C=O) groups excluding carboxylic acids is 2. The summed E-state index contributed by atoms with van der Waals surface area (Å²) in [5.41, 5.74) is 0.876. The monoisotopic (exact) mass is 681 g/mol. The van der Waals surface area contributed by atoms with Gasteiger partial charge in [0.15, 0.2) is 0 Å². The van der Waals surface area contributed by atoms with Gasteiger partial charge in [0.05, 0.1) is 17.7 Å². The van der Waals surface area contributed by atoms with Crippen LogP contribution in [0.4, 0.5) is 5.69 Å². The van der Waals surface area contributed by atoms with Gasteiger partial charge < -0.3 is 15.0 Å². The van der Waals surface area contributed by atoms with E-state index in [2.05, 4.69) is 5.32 Å². The first-order chi connectivity index (χ1) is 21.8. The summed E-state index contributed by atoms with van der Waals surface area (Å²) in [6.45, 7) is 4.84. The first-order valence-electron chi connectivity index (χ1n) is 14.6. The summed E-state index contributed by atoms with van der Waals surface area (Å²) in [6.07, 6.45) is 0.171. The average Bonchev–Trinajstić information content (AvgIpc) is 3.02. The van der Waals surface area contributed by atoms with Gasteiger partial charge in [0.1, 0.15) is 18.3 Å². The molecule has 0 aromatic heterocycles. The lowest BCUT2D eigenvalue weighted by Crippen LogP contribution is -2.56. The highest BCUT2D eigenvalue weighted by Gasteiger charge is 2.36. The van der Waals surface area contributed by atoms with Crippen molar-refractivity contribution in [2.45, 2.75) is 50.2 Å². The van der Waals surface area contributed by atoms with Crippen molar-refractivity contribution in [2.75, 3.05) is 18.0 Å². The van der Waals surface area contributed by atoms with Gasteiger partial charge in [-0.05, 0) is 68.3 Å². The standard InChI is InChI=1S/C35H37Cl2N3O5S/c1-35(2,3)38-34(42)31(21-25-13-7-5-8-14-25)39(23-26-15-11-12-18-29(26)37)33(41)24-40(30-22-27(36)19-20-32(30)45-4)46(43,44)28-16-9-6-10-17-28/h5-20,22,31H,21,23-24H2,1-4H3,(H,38,42)/t31-/m1/s1. The second kappa shape index (κ2) is 15.0. The number of nitrogens with zero attached hydrogens (tertiary/aromatic N) is 2. The number of nitrogens with one attached hydrogen (secondary N) is 1. The van der Waals surface area contributed by atoms with E-state index in [0.29, 0.717) is 10.6 Å². The molecule has 4 rings (SSSR count). The predicted molar refractivity (Wildman–Crippen MR) is 183 cm³/mol. The molecular formula is C35H37Cl2N3O5S. The number of sulfonamides is 1. The number of amides is 2. The van der Waals surface area contributed by atoms with Crippen LogP contribution in [0.2, 0.25) is 10.0 Å². The Bertz CT molecular complexity index is 1760. The molecule has 242 valence electrons. The van der Waals surface area contributed by atoms with Crippen LogP contribution in [0.15, 0.2) is 108 Å². The maximum Gasteiger partial charge on any atom is 0.264 e. The fourth-order valence-corrected chi connectivity index (χ4v) is 6.71. The minimum absolute atomic E-state index is 0.0335. The topological polar surface area (TPSA) is 96.0 Å². The zero-order valence-corrected chi connectivity index (χ0v) is 28.4. The molecule has 0 fully saturated rings. The maximum absolute atomic E-state index is 14.6. The Hall–Kier alpha value is -4.05. The number of hydrogen-bond donors (Lipinski definition) is 1. The van der Waals surface area contributed by atoms with Crippen LogP contribution in [0, 0.1) is 0 Å². The molecule has 0 spiro atoms. The molecule has 0 radical (unpaired) electrons. The number of hydrogen-bond acceptors (Lipinski definition) is 5. The summed E-state index contributed by atoms with van der Waals surface area (Å²) in [5.74, 6) is -0.832. The number of methoxy groups -OCH3 is 1. The van der Waals surface area contributed by atoms with E-state index >= 15 is 0 Å². The van der Waals surface area contributed by atoms with Gasteiger partial charge in [0, 0.05) is 28.5 Å². The Kier molecular flexibility index (Phi) is 11.4. The van der Waals surface area contributed by atoms with Gasteiger partial charge in [0.2, 0.25) is 11.8 Å². The van der Waals surface area contributed by atoms with Gasteiger partial charge in [-0.2, -0.15) is 0 Å². The lowest BCUT2D eigenvalue weighted by Gasteiger charge is -2.35. The van der Waals surface area contributed by atoms with Crippen molar-refractivity contribution in [1.29, 1.82) is 0 Å². The number of halogens is 2. The van der Waals surface area contributed by atoms with Crippen LogP contribution >= 0.6 is 23.2 Å². The molecule has 1 atom stereocenters. The molecule has 1 N–H and O–H groups in total. The number of benzene rings is 4. The normalized spacial score (nSPS) is 12.2. The van der Waals surface area contributed by atoms with Gasteiger partial charge in [0.25, 0.3) is 10.0 Å². The van der Waals surface area contributed by atoms with Crippen LogP contribution in [0.3, 0.4) is 0 Å². The average molecular weight is 683 g/mol. The lowest BCUT2D eigenvalue weighted by molar-refractivity contribution is -0.140. The smallest absolute Gasteiger partial charge is 0.264 e. The van der Waals surface area contributed by atoms with E-state index in [4.69, 9.17) is 27.9 Å². The van der Waals surface area contributed by atoms with E-state index in [-0.39, 0.29) is 34.3 Å². The van der Waals surface area contributed by atoms with E-state index in [0.717, 1.165) is 9.87 Å². The molecule has 0 aliphatic heterocycles. The first-order valence-corrected chi connectivity index (χ1v) is 16.8. The first kappa shape index (κ1) is 34.8. The SMILES string of the molecule is COc1ccc(Cl)cc1N(CC(=O)N(Cc1ccccc1Cl)[C@H](Cc1ccccc1)C(=O)NC(C)(C)C)S(=O)(=O)c1ccccc1. The second-order valence-electron chi connectivity index (χ2n) is 11.7. The van der Waals surface area contributed by atoms with E-state index < -0.39 is 40.0 Å². The Labute approximate surface area is 280 Å². The molecule has 0 aliphatic rings. The van der Waals surface area contributed by atoms with Crippen molar-refractivity contribution in [3.63, 3.8) is 0 Å². The van der Waals surface area contributed by atoms with Gasteiger partial charge in [-0.25, -0.2) is 8.42 Å². The van der Waals surface area contributed by atoms with E-state index in [9.17, 15) is 18.0 Å². The molecule has 4 aromatic rings. The van der Waals surface area contributed by atoms with Crippen molar-refractivity contribution >= 4 is 50.7 Å². The van der Waals surface area contributed by atoms with E-state index in [1.54, 1.807) is 48.5 Å². The predicted octanol–water partition coefficient (Wildman–Crippen LogP) is 6.75. The zero-order chi connectivity index (χ0) is 33.5. The summed E-state index contributed by atoms with van der Waals surface area (Å²) in [4.78, 5) is 30.0. The summed E-state index contributed by atoms with van der Waals surface area (Å²) in [7, 11) is -2.93. The zero-order valence-electron chi connectivity index (χ0n) is 26.1. The molecule has 2 amide bonds. The molecule has 46 heavy (non-hydrogen) atoms. The molecule has 0 saturated carbocycles. The van der Waals surface area contributed by atoms with Crippen LogP contribution in [0.5, 0.6) is 5.75 Å². The Morgan fingerprint density at radius 3 is 2.09 bits per heavy atom. The highest BCUT2D eigenvalue weighted by molar-refractivity contribution is 7.92. The van der Waals surface area contributed by atoms with Crippen LogP contribution < -0.4 is 14.4 Å². The third kappa shape index (κ3) is 8.81.